The number of likely N-dealkylation sites (tertiary alicyclic amines) is 1. The summed E-state index contributed by atoms with van der Waals surface area (Å²) in [4.78, 5) is 32.4. The zero-order valence-electron chi connectivity index (χ0n) is 16.7. The van der Waals surface area contributed by atoms with Gasteiger partial charge in [-0.3, -0.25) is 9.59 Å². The van der Waals surface area contributed by atoms with E-state index < -0.39 is 11.5 Å². The number of nitrogen functional groups attached to an aromatic ring is 1. The molecule has 0 spiro atoms. The lowest BCUT2D eigenvalue weighted by molar-refractivity contribution is 0.0935. The number of amides is 1. The number of aromatic amines is 2. The number of carbonyl (C=O) groups is 1. The quantitative estimate of drug-likeness (QED) is 0.485. The molecular formula is C22H26ClN5O2. The van der Waals surface area contributed by atoms with E-state index in [0.717, 1.165) is 38.9 Å². The molecule has 1 aliphatic rings. The summed E-state index contributed by atoms with van der Waals surface area (Å²) in [6.45, 7) is 3.60. The second-order valence-corrected chi connectivity index (χ2v) is 8.29. The highest BCUT2D eigenvalue weighted by Crippen LogP contribution is 2.21. The number of H-pyrrole nitrogens is 2. The first-order chi connectivity index (χ1) is 14.5. The molecule has 158 valence electrons. The average Bonchev–Trinajstić information content (AvgIpc) is 3.17. The normalized spacial score (nSPS) is 15.5. The van der Waals surface area contributed by atoms with E-state index in [0.29, 0.717) is 12.5 Å². The summed E-state index contributed by atoms with van der Waals surface area (Å²) in [5.41, 5.74) is 7.55. The van der Waals surface area contributed by atoms with Crippen molar-refractivity contribution in [3.63, 3.8) is 0 Å². The van der Waals surface area contributed by atoms with Gasteiger partial charge < -0.3 is 25.9 Å². The highest BCUT2D eigenvalue weighted by atomic mass is 35.5. The third-order valence-electron chi connectivity index (χ3n) is 5.90. The van der Waals surface area contributed by atoms with Crippen LogP contribution < -0.4 is 16.6 Å². The third-order valence-corrected chi connectivity index (χ3v) is 6.21. The van der Waals surface area contributed by atoms with Gasteiger partial charge in [0.2, 0.25) is 0 Å². The molecule has 8 heteroatoms. The van der Waals surface area contributed by atoms with Crippen LogP contribution in [0.5, 0.6) is 0 Å². The van der Waals surface area contributed by atoms with Crippen LogP contribution in [-0.2, 0) is 6.42 Å². The summed E-state index contributed by atoms with van der Waals surface area (Å²) in [6.07, 6.45) is 5.17. The number of anilines is 1. The van der Waals surface area contributed by atoms with E-state index in [2.05, 4.69) is 44.6 Å². The summed E-state index contributed by atoms with van der Waals surface area (Å²) in [5, 5.41) is 4.33. The fourth-order valence-corrected chi connectivity index (χ4v) is 4.21. The van der Waals surface area contributed by atoms with Crippen LogP contribution in [0, 0.1) is 5.92 Å². The van der Waals surface area contributed by atoms with Crippen LogP contribution >= 0.6 is 11.6 Å². The highest BCUT2D eigenvalue weighted by molar-refractivity contribution is 6.33. The number of nitrogens with one attached hydrogen (secondary N) is 3. The van der Waals surface area contributed by atoms with Crippen LogP contribution in [0.3, 0.4) is 0 Å². The number of pyridine rings is 1. The Morgan fingerprint density at radius 2 is 2.03 bits per heavy atom. The molecule has 0 atom stereocenters. The second-order valence-electron chi connectivity index (χ2n) is 7.88. The molecule has 1 fully saturated rings. The van der Waals surface area contributed by atoms with Crippen LogP contribution in [0.15, 0.2) is 41.3 Å². The predicted octanol–water partition coefficient (Wildman–Crippen LogP) is 2.78. The van der Waals surface area contributed by atoms with E-state index in [1.165, 1.54) is 22.5 Å². The van der Waals surface area contributed by atoms with Crippen molar-refractivity contribution in [2.75, 3.05) is 31.9 Å². The zero-order chi connectivity index (χ0) is 21.1. The minimum atomic E-state index is -0.526. The summed E-state index contributed by atoms with van der Waals surface area (Å²) >= 11 is 5.91. The number of nitrogens with zero attached hydrogens (tertiary/aromatic N) is 1. The summed E-state index contributed by atoms with van der Waals surface area (Å²) in [5.74, 6) is 0.0553. The lowest BCUT2D eigenvalue weighted by Gasteiger charge is -2.32. The Kier molecular flexibility index (Phi) is 6.11. The number of fused-ring (bicyclic) bond motifs is 1. The van der Waals surface area contributed by atoms with Crippen molar-refractivity contribution >= 4 is 34.2 Å². The van der Waals surface area contributed by atoms with Crippen molar-refractivity contribution in [1.82, 2.24) is 20.2 Å². The maximum Gasteiger partial charge on any atom is 0.262 e. The first-order valence-corrected chi connectivity index (χ1v) is 10.6. The number of halogens is 1. The Morgan fingerprint density at radius 3 is 2.83 bits per heavy atom. The number of nitrogens with two attached hydrogens (primary N) is 1. The first-order valence-electron chi connectivity index (χ1n) is 10.2. The van der Waals surface area contributed by atoms with E-state index in [1.807, 2.05) is 6.07 Å². The van der Waals surface area contributed by atoms with Gasteiger partial charge in [-0.15, -0.1) is 0 Å². The van der Waals surface area contributed by atoms with Crippen molar-refractivity contribution in [3.05, 3.63) is 63.0 Å². The fourth-order valence-electron chi connectivity index (χ4n) is 4.05. The number of piperidine rings is 1. The van der Waals surface area contributed by atoms with E-state index in [9.17, 15) is 9.59 Å². The molecule has 3 aromatic rings. The monoisotopic (exact) mass is 427 g/mol. The molecule has 0 unspecified atom stereocenters. The molecular weight excluding hydrogens is 402 g/mol. The second kappa shape index (κ2) is 8.93. The molecule has 4 rings (SSSR count). The minimum Gasteiger partial charge on any atom is -0.384 e. The van der Waals surface area contributed by atoms with Gasteiger partial charge in [0.25, 0.3) is 11.5 Å². The molecule has 0 aliphatic carbocycles. The standard InChI is InChI=1S/C22H26ClN5O2/c23-18-11-17(22(30)27-20(18)24)21(29)26-12-14-5-8-28(9-6-14)10-7-15-13-25-19-4-2-1-3-16(15)19/h1-4,11,13-14,25H,5-10,12H2,(H,26,29)(H3,24,27,30). The van der Waals surface area contributed by atoms with Gasteiger partial charge in [0, 0.05) is 30.2 Å². The predicted molar refractivity (Wildman–Crippen MR) is 120 cm³/mol. The SMILES string of the molecule is Nc1[nH]c(=O)c(C(=O)NCC2CCN(CCc3c[nH]c4ccccc34)CC2)cc1Cl. The molecule has 1 aromatic carbocycles. The Balaban J connectivity index is 1.23. The van der Waals surface area contributed by atoms with Crippen LogP contribution in [0.4, 0.5) is 5.82 Å². The van der Waals surface area contributed by atoms with Crippen molar-refractivity contribution in [2.45, 2.75) is 19.3 Å². The van der Waals surface area contributed by atoms with Crippen LogP contribution in [-0.4, -0.2) is 47.0 Å². The number of aromatic nitrogens is 2. The van der Waals surface area contributed by atoms with E-state index in [4.69, 9.17) is 17.3 Å². The van der Waals surface area contributed by atoms with E-state index in [-0.39, 0.29) is 16.4 Å². The first kappa shape index (κ1) is 20.5. The number of hydrogen-bond donors (Lipinski definition) is 4. The number of carbonyl (C=O) groups excluding carboxylic acids is 1. The Morgan fingerprint density at radius 1 is 1.27 bits per heavy atom. The Bertz CT molecular complexity index is 1100. The number of rotatable bonds is 6. The van der Waals surface area contributed by atoms with E-state index >= 15 is 0 Å². The number of para-hydroxylation sites is 1. The van der Waals surface area contributed by atoms with E-state index in [1.54, 1.807) is 0 Å². The summed E-state index contributed by atoms with van der Waals surface area (Å²) < 4.78 is 0. The Labute approximate surface area is 179 Å². The number of benzene rings is 1. The summed E-state index contributed by atoms with van der Waals surface area (Å²) in [6, 6.07) is 9.70. The maximum absolute atomic E-state index is 12.3. The van der Waals surface area contributed by atoms with Gasteiger partial charge in [-0.25, -0.2) is 0 Å². The topological polar surface area (TPSA) is 107 Å². The highest BCUT2D eigenvalue weighted by Gasteiger charge is 2.21. The third kappa shape index (κ3) is 4.52. The van der Waals surface area contributed by atoms with Crippen LogP contribution in [0.2, 0.25) is 5.02 Å². The molecule has 7 nitrogen and oxygen atoms in total. The molecule has 3 heterocycles. The fraction of sp³-hybridized carbons (Fsp3) is 0.364. The van der Waals surface area contributed by atoms with Gasteiger partial charge in [0.05, 0.1) is 5.02 Å². The van der Waals surface area contributed by atoms with Crippen LogP contribution in [0.1, 0.15) is 28.8 Å². The van der Waals surface area contributed by atoms with Crippen molar-refractivity contribution in [2.24, 2.45) is 5.92 Å². The lowest BCUT2D eigenvalue weighted by Crippen LogP contribution is -2.40. The Hall–Kier alpha value is -2.77. The molecule has 0 bridgehead atoms. The summed E-state index contributed by atoms with van der Waals surface area (Å²) in [7, 11) is 0. The molecule has 1 saturated heterocycles. The maximum atomic E-state index is 12.3. The van der Waals surface area contributed by atoms with Crippen molar-refractivity contribution in [3.8, 4) is 0 Å². The van der Waals surface area contributed by atoms with Gasteiger partial charge >= 0.3 is 0 Å². The van der Waals surface area contributed by atoms with Gasteiger partial charge in [-0.2, -0.15) is 0 Å². The van der Waals surface area contributed by atoms with Crippen LogP contribution in [0.25, 0.3) is 10.9 Å². The van der Waals surface area contributed by atoms with Crippen molar-refractivity contribution in [1.29, 1.82) is 0 Å². The molecule has 1 amide bonds. The van der Waals surface area contributed by atoms with Gasteiger partial charge in [-0.05, 0) is 56.0 Å². The van der Waals surface area contributed by atoms with Gasteiger partial charge in [-0.1, -0.05) is 29.8 Å². The molecule has 0 saturated carbocycles. The average molecular weight is 428 g/mol. The number of hydrogen-bond acceptors (Lipinski definition) is 4. The molecule has 30 heavy (non-hydrogen) atoms. The van der Waals surface area contributed by atoms with Gasteiger partial charge in [0.15, 0.2) is 0 Å². The molecule has 0 radical (unpaired) electrons. The lowest BCUT2D eigenvalue weighted by atomic mass is 9.96. The molecule has 2 aromatic heterocycles. The minimum absolute atomic E-state index is 0.00892. The smallest absolute Gasteiger partial charge is 0.262 e. The van der Waals surface area contributed by atoms with Gasteiger partial charge in [0.1, 0.15) is 11.4 Å². The molecule has 1 aliphatic heterocycles. The largest absolute Gasteiger partial charge is 0.384 e. The van der Waals surface area contributed by atoms with Crippen molar-refractivity contribution < 1.29 is 4.79 Å². The zero-order valence-corrected chi connectivity index (χ0v) is 17.5. The molecule has 5 N–H and O–H groups in total.